The molecule has 2 N–H and O–H groups in total. The summed E-state index contributed by atoms with van der Waals surface area (Å²) in [6.45, 7) is 2.37. The first-order valence-electron chi connectivity index (χ1n) is 4.92. The Kier molecular flexibility index (Phi) is 3.11. The topological polar surface area (TPSA) is 41.1 Å². The van der Waals surface area contributed by atoms with Gasteiger partial charge in [-0.3, -0.25) is 4.79 Å². The molecule has 13 heavy (non-hydrogen) atoms. The van der Waals surface area contributed by atoms with Crippen molar-refractivity contribution >= 4 is 17.7 Å². The Morgan fingerprint density at radius 1 is 1.38 bits per heavy atom. The highest BCUT2D eigenvalue weighted by molar-refractivity contribution is 7.99. The van der Waals surface area contributed by atoms with Crippen LogP contribution in [0.1, 0.15) is 12.8 Å². The predicted molar refractivity (Wildman–Crippen MR) is 54.8 cm³/mol. The largest absolute Gasteiger partial charge is 0.353 e. The van der Waals surface area contributed by atoms with Gasteiger partial charge in [-0.2, -0.15) is 11.8 Å². The van der Waals surface area contributed by atoms with Gasteiger partial charge in [0.15, 0.2) is 0 Å². The zero-order chi connectivity index (χ0) is 9.10. The lowest BCUT2D eigenvalue weighted by molar-refractivity contribution is -0.119. The number of carbonyl (C=O) groups excluding carboxylic acids is 1. The molecule has 0 saturated carbocycles. The monoisotopic (exact) mass is 200 g/mol. The van der Waals surface area contributed by atoms with Gasteiger partial charge in [0.2, 0.25) is 5.91 Å². The summed E-state index contributed by atoms with van der Waals surface area (Å²) in [6, 6.07) is 0.450. The zero-order valence-electron chi connectivity index (χ0n) is 7.71. The van der Waals surface area contributed by atoms with Crippen molar-refractivity contribution in [2.24, 2.45) is 5.92 Å². The average Bonchev–Trinajstić information content (AvgIpc) is 2.42. The Balaban J connectivity index is 1.54. The molecule has 2 heterocycles. The number of nitrogens with one attached hydrogen (secondary N) is 2. The van der Waals surface area contributed by atoms with Gasteiger partial charge in [0.25, 0.3) is 0 Å². The third-order valence-corrected chi connectivity index (χ3v) is 3.97. The molecule has 2 aliphatic heterocycles. The summed E-state index contributed by atoms with van der Waals surface area (Å²) in [4.78, 5) is 10.9. The molecule has 0 aromatic rings. The molecule has 0 bridgehead atoms. The molecule has 1 unspecified atom stereocenters. The van der Waals surface area contributed by atoms with E-state index < -0.39 is 0 Å². The van der Waals surface area contributed by atoms with Crippen LogP contribution in [0.3, 0.4) is 0 Å². The lowest BCUT2D eigenvalue weighted by Gasteiger charge is -2.26. The SMILES string of the molecule is O=C1CCC(CSCC2CNC2)N1. The van der Waals surface area contributed by atoms with Crippen LogP contribution in [0.5, 0.6) is 0 Å². The van der Waals surface area contributed by atoms with E-state index in [0.717, 1.165) is 24.5 Å². The van der Waals surface area contributed by atoms with Crippen LogP contribution in [-0.2, 0) is 4.79 Å². The first-order chi connectivity index (χ1) is 6.34. The fourth-order valence-corrected chi connectivity index (χ4v) is 2.89. The van der Waals surface area contributed by atoms with E-state index in [1.165, 1.54) is 18.8 Å². The van der Waals surface area contributed by atoms with E-state index in [1.54, 1.807) is 0 Å². The number of carbonyl (C=O) groups is 1. The van der Waals surface area contributed by atoms with E-state index in [9.17, 15) is 4.79 Å². The van der Waals surface area contributed by atoms with Gasteiger partial charge in [-0.15, -0.1) is 0 Å². The lowest BCUT2D eigenvalue weighted by Crippen LogP contribution is -2.43. The van der Waals surface area contributed by atoms with E-state index in [1.807, 2.05) is 11.8 Å². The molecule has 1 atom stereocenters. The smallest absolute Gasteiger partial charge is 0.220 e. The molecule has 0 radical (unpaired) electrons. The van der Waals surface area contributed by atoms with Gasteiger partial charge < -0.3 is 10.6 Å². The number of hydrogen-bond acceptors (Lipinski definition) is 3. The van der Waals surface area contributed by atoms with Crippen LogP contribution in [-0.4, -0.2) is 36.5 Å². The van der Waals surface area contributed by atoms with Crippen LogP contribution in [0.15, 0.2) is 0 Å². The minimum Gasteiger partial charge on any atom is -0.353 e. The van der Waals surface area contributed by atoms with Crippen molar-refractivity contribution in [3.8, 4) is 0 Å². The molecule has 1 amide bonds. The normalized spacial score (nSPS) is 28.6. The number of hydrogen-bond donors (Lipinski definition) is 2. The molecule has 2 rings (SSSR count). The molecule has 4 heteroatoms. The molecule has 2 aliphatic rings. The van der Waals surface area contributed by atoms with Gasteiger partial charge in [-0.1, -0.05) is 0 Å². The molecule has 0 aromatic heterocycles. The Morgan fingerprint density at radius 3 is 2.77 bits per heavy atom. The van der Waals surface area contributed by atoms with Crippen molar-refractivity contribution in [1.82, 2.24) is 10.6 Å². The molecule has 0 aromatic carbocycles. The van der Waals surface area contributed by atoms with Gasteiger partial charge in [-0.05, 0) is 31.2 Å². The summed E-state index contributed by atoms with van der Waals surface area (Å²) in [6.07, 6.45) is 1.77. The van der Waals surface area contributed by atoms with E-state index in [-0.39, 0.29) is 5.91 Å². The molecule has 2 saturated heterocycles. The van der Waals surface area contributed by atoms with Gasteiger partial charge in [-0.25, -0.2) is 0 Å². The second kappa shape index (κ2) is 4.33. The lowest BCUT2D eigenvalue weighted by atomic mass is 10.1. The van der Waals surface area contributed by atoms with Crippen molar-refractivity contribution in [1.29, 1.82) is 0 Å². The fraction of sp³-hybridized carbons (Fsp3) is 0.889. The van der Waals surface area contributed by atoms with Crippen molar-refractivity contribution in [2.45, 2.75) is 18.9 Å². The highest BCUT2D eigenvalue weighted by Gasteiger charge is 2.22. The molecule has 74 valence electrons. The van der Waals surface area contributed by atoms with Crippen LogP contribution in [0.2, 0.25) is 0 Å². The summed E-state index contributed by atoms with van der Waals surface area (Å²) in [5, 5.41) is 6.25. The molecule has 0 spiro atoms. The summed E-state index contributed by atoms with van der Waals surface area (Å²) >= 11 is 1.98. The summed E-state index contributed by atoms with van der Waals surface area (Å²) in [5.74, 6) is 3.46. The van der Waals surface area contributed by atoms with Crippen molar-refractivity contribution in [2.75, 3.05) is 24.6 Å². The first-order valence-corrected chi connectivity index (χ1v) is 6.08. The second-order valence-electron chi connectivity index (χ2n) is 3.86. The zero-order valence-corrected chi connectivity index (χ0v) is 8.53. The van der Waals surface area contributed by atoms with E-state index in [4.69, 9.17) is 0 Å². The van der Waals surface area contributed by atoms with Crippen LogP contribution >= 0.6 is 11.8 Å². The maximum absolute atomic E-state index is 10.9. The Bertz CT molecular complexity index is 194. The molecule has 0 aliphatic carbocycles. The number of thioether (sulfide) groups is 1. The number of amides is 1. The average molecular weight is 200 g/mol. The van der Waals surface area contributed by atoms with E-state index in [0.29, 0.717) is 6.04 Å². The third-order valence-electron chi connectivity index (χ3n) is 2.62. The second-order valence-corrected chi connectivity index (χ2v) is 4.94. The van der Waals surface area contributed by atoms with Crippen molar-refractivity contribution < 1.29 is 4.79 Å². The van der Waals surface area contributed by atoms with Gasteiger partial charge in [0.1, 0.15) is 0 Å². The maximum Gasteiger partial charge on any atom is 0.220 e. The van der Waals surface area contributed by atoms with Gasteiger partial charge in [0.05, 0.1) is 0 Å². The standard InChI is InChI=1S/C9H16N2OS/c12-9-2-1-8(11-9)6-13-5-7-3-10-4-7/h7-8,10H,1-6H2,(H,11,12). The van der Waals surface area contributed by atoms with E-state index in [2.05, 4.69) is 10.6 Å². The minimum atomic E-state index is 0.232. The van der Waals surface area contributed by atoms with Crippen molar-refractivity contribution in [3.63, 3.8) is 0 Å². The van der Waals surface area contributed by atoms with Crippen LogP contribution in [0.25, 0.3) is 0 Å². The summed E-state index contributed by atoms with van der Waals surface area (Å²) < 4.78 is 0. The highest BCUT2D eigenvalue weighted by Crippen LogP contribution is 2.17. The van der Waals surface area contributed by atoms with Gasteiger partial charge in [0, 0.05) is 18.2 Å². The maximum atomic E-state index is 10.9. The van der Waals surface area contributed by atoms with Crippen LogP contribution in [0, 0.1) is 5.92 Å². The fourth-order valence-electron chi connectivity index (χ4n) is 1.65. The molecule has 2 fully saturated rings. The third kappa shape index (κ3) is 2.61. The van der Waals surface area contributed by atoms with E-state index >= 15 is 0 Å². The van der Waals surface area contributed by atoms with Crippen LogP contribution < -0.4 is 10.6 Å². The first kappa shape index (κ1) is 9.34. The highest BCUT2D eigenvalue weighted by atomic mass is 32.2. The molecule has 3 nitrogen and oxygen atoms in total. The number of rotatable bonds is 4. The quantitative estimate of drug-likeness (QED) is 0.682. The van der Waals surface area contributed by atoms with Crippen LogP contribution in [0.4, 0.5) is 0 Å². The van der Waals surface area contributed by atoms with Gasteiger partial charge >= 0.3 is 0 Å². The molecular formula is C9H16N2OS. The Morgan fingerprint density at radius 2 is 2.23 bits per heavy atom. The molecular weight excluding hydrogens is 184 g/mol. The Hall–Kier alpha value is -0.220. The minimum absolute atomic E-state index is 0.232. The van der Waals surface area contributed by atoms with Crippen molar-refractivity contribution in [3.05, 3.63) is 0 Å². The predicted octanol–water partition coefficient (Wildman–Crippen LogP) is 0.218. The summed E-state index contributed by atoms with van der Waals surface area (Å²) in [7, 11) is 0. The Labute approximate surface area is 83.0 Å². The summed E-state index contributed by atoms with van der Waals surface area (Å²) in [5.41, 5.74) is 0.